The number of rotatable bonds is 3. The number of nitrogens with zero attached hydrogens (tertiary/aromatic N) is 2. The molecule has 0 unspecified atom stereocenters. The molecule has 18 heavy (non-hydrogen) atoms. The van der Waals surface area contributed by atoms with E-state index in [1.807, 2.05) is 0 Å². The predicted molar refractivity (Wildman–Crippen MR) is 77.9 cm³/mol. The minimum absolute atomic E-state index is 0.321. The topological polar surface area (TPSA) is 63.8 Å². The number of anilines is 2. The van der Waals surface area contributed by atoms with E-state index in [4.69, 9.17) is 28.9 Å². The summed E-state index contributed by atoms with van der Waals surface area (Å²) in [7, 11) is 0. The van der Waals surface area contributed by atoms with Crippen molar-refractivity contribution in [3.8, 4) is 0 Å². The van der Waals surface area contributed by atoms with E-state index in [9.17, 15) is 0 Å². The van der Waals surface area contributed by atoms with Gasteiger partial charge in [0.05, 0.1) is 6.20 Å². The molecule has 0 spiro atoms. The van der Waals surface area contributed by atoms with Crippen LogP contribution in [-0.4, -0.2) is 9.97 Å². The standard InChI is InChI=1S/C11H9BrCl2N4/c12-9-5-16-10(15)11(18-9)17-4-6-7(13)2-1-3-8(6)14/h1-3,5H,4H2,(H2,15,16)(H,17,18). The Labute approximate surface area is 123 Å². The minimum atomic E-state index is 0.321. The molecule has 0 aliphatic heterocycles. The lowest BCUT2D eigenvalue weighted by Crippen LogP contribution is -2.07. The molecule has 1 aromatic carbocycles. The summed E-state index contributed by atoms with van der Waals surface area (Å²) in [6, 6.07) is 5.35. The van der Waals surface area contributed by atoms with Crippen LogP contribution in [0.3, 0.4) is 0 Å². The smallest absolute Gasteiger partial charge is 0.170 e. The van der Waals surface area contributed by atoms with Gasteiger partial charge in [-0.3, -0.25) is 0 Å². The van der Waals surface area contributed by atoms with E-state index < -0.39 is 0 Å². The maximum atomic E-state index is 6.07. The second kappa shape index (κ2) is 5.73. The van der Waals surface area contributed by atoms with Crippen LogP contribution in [0.25, 0.3) is 0 Å². The van der Waals surface area contributed by atoms with Crippen LogP contribution < -0.4 is 11.1 Å². The fourth-order valence-corrected chi connectivity index (χ4v) is 2.19. The third kappa shape index (κ3) is 3.04. The third-order valence-electron chi connectivity index (χ3n) is 2.27. The highest BCUT2D eigenvalue weighted by Crippen LogP contribution is 2.25. The van der Waals surface area contributed by atoms with Gasteiger partial charge in [0, 0.05) is 22.2 Å². The lowest BCUT2D eigenvalue weighted by atomic mass is 10.2. The number of aromatic nitrogens is 2. The van der Waals surface area contributed by atoms with Crippen LogP contribution in [0.4, 0.5) is 11.6 Å². The van der Waals surface area contributed by atoms with E-state index in [1.54, 1.807) is 18.2 Å². The lowest BCUT2D eigenvalue weighted by Gasteiger charge is -2.10. The predicted octanol–water partition coefficient (Wildman–Crippen LogP) is 3.74. The summed E-state index contributed by atoms with van der Waals surface area (Å²) >= 11 is 15.4. The molecule has 2 rings (SSSR count). The van der Waals surface area contributed by atoms with Gasteiger partial charge in [-0.1, -0.05) is 29.3 Å². The van der Waals surface area contributed by atoms with E-state index in [0.717, 1.165) is 5.56 Å². The summed E-state index contributed by atoms with van der Waals surface area (Å²) in [5.74, 6) is 0.807. The Balaban J connectivity index is 2.19. The highest BCUT2D eigenvalue weighted by Gasteiger charge is 2.07. The highest BCUT2D eigenvalue weighted by atomic mass is 79.9. The van der Waals surface area contributed by atoms with Crippen molar-refractivity contribution in [1.29, 1.82) is 0 Å². The molecule has 0 aliphatic rings. The van der Waals surface area contributed by atoms with Crippen LogP contribution in [-0.2, 0) is 6.54 Å². The van der Waals surface area contributed by atoms with Crippen LogP contribution in [0.5, 0.6) is 0 Å². The van der Waals surface area contributed by atoms with Gasteiger partial charge in [0.1, 0.15) is 4.60 Å². The zero-order valence-corrected chi connectivity index (χ0v) is 12.2. The van der Waals surface area contributed by atoms with E-state index in [-0.39, 0.29) is 0 Å². The maximum Gasteiger partial charge on any atom is 0.170 e. The van der Waals surface area contributed by atoms with Crippen molar-refractivity contribution >= 4 is 50.8 Å². The first-order valence-corrected chi connectivity index (χ1v) is 6.57. The highest BCUT2D eigenvalue weighted by molar-refractivity contribution is 9.10. The summed E-state index contributed by atoms with van der Waals surface area (Å²) in [4.78, 5) is 8.15. The van der Waals surface area contributed by atoms with E-state index in [0.29, 0.717) is 32.8 Å². The molecule has 0 aliphatic carbocycles. The summed E-state index contributed by atoms with van der Waals surface area (Å²) in [5, 5.41) is 4.24. The number of nitrogens with two attached hydrogens (primary N) is 1. The quantitative estimate of drug-likeness (QED) is 0.887. The van der Waals surface area contributed by atoms with Crippen molar-refractivity contribution in [2.75, 3.05) is 11.1 Å². The summed E-state index contributed by atoms with van der Waals surface area (Å²) in [6.07, 6.45) is 1.53. The Morgan fingerprint density at radius 3 is 2.61 bits per heavy atom. The normalized spacial score (nSPS) is 10.4. The number of hydrogen-bond acceptors (Lipinski definition) is 4. The van der Waals surface area contributed by atoms with Crippen molar-refractivity contribution in [2.45, 2.75) is 6.54 Å². The number of hydrogen-bond donors (Lipinski definition) is 2. The first-order valence-electron chi connectivity index (χ1n) is 5.02. The second-order valence-corrected chi connectivity index (χ2v) is 5.11. The molecule has 0 saturated heterocycles. The molecule has 2 aromatic rings. The third-order valence-corrected chi connectivity index (χ3v) is 3.36. The molecule has 94 valence electrons. The van der Waals surface area contributed by atoms with Crippen LogP contribution in [0.1, 0.15) is 5.56 Å². The number of halogens is 3. The Hall–Kier alpha value is -1.04. The number of nitrogen functional groups attached to an aromatic ring is 1. The molecular weight excluding hydrogens is 339 g/mol. The Bertz CT molecular complexity index is 557. The first-order chi connectivity index (χ1) is 8.58. The molecule has 3 N–H and O–H groups in total. The SMILES string of the molecule is Nc1ncc(Br)nc1NCc1c(Cl)cccc1Cl. The van der Waals surface area contributed by atoms with Crippen molar-refractivity contribution in [3.63, 3.8) is 0 Å². The van der Waals surface area contributed by atoms with Crippen molar-refractivity contribution in [3.05, 3.63) is 44.6 Å². The zero-order chi connectivity index (χ0) is 13.1. The van der Waals surface area contributed by atoms with Crippen molar-refractivity contribution in [2.24, 2.45) is 0 Å². The number of nitrogens with one attached hydrogen (secondary N) is 1. The van der Waals surface area contributed by atoms with Crippen LogP contribution in [0.2, 0.25) is 10.0 Å². The van der Waals surface area contributed by atoms with Gasteiger partial charge < -0.3 is 11.1 Å². The van der Waals surface area contributed by atoms with E-state index in [2.05, 4.69) is 31.2 Å². The van der Waals surface area contributed by atoms with Crippen molar-refractivity contribution in [1.82, 2.24) is 9.97 Å². The fourth-order valence-electron chi connectivity index (χ4n) is 1.38. The summed E-state index contributed by atoms with van der Waals surface area (Å²) in [5.41, 5.74) is 6.50. The Morgan fingerprint density at radius 2 is 1.94 bits per heavy atom. The molecule has 1 heterocycles. The zero-order valence-electron chi connectivity index (χ0n) is 9.12. The van der Waals surface area contributed by atoms with Gasteiger partial charge in [-0.25, -0.2) is 9.97 Å². The van der Waals surface area contributed by atoms with Gasteiger partial charge in [-0.15, -0.1) is 0 Å². The molecule has 0 saturated carbocycles. The fraction of sp³-hybridized carbons (Fsp3) is 0.0909. The molecule has 4 nitrogen and oxygen atoms in total. The van der Waals surface area contributed by atoms with E-state index >= 15 is 0 Å². The van der Waals surface area contributed by atoms with Gasteiger partial charge in [-0.2, -0.15) is 0 Å². The second-order valence-electron chi connectivity index (χ2n) is 3.48. The molecule has 0 fully saturated rings. The van der Waals surface area contributed by atoms with Gasteiger partial charge in [-0.05, 0) is 28.1 Å². The lowest BCUT2D eigenvalue weighted by molar-refractivity contribution is 1.08. The molecule has 1 aromatic heterocycles. The van der Waals surface area contributed by atoms with Gasteiger partial charge in [0.25, 0.3) is 0 Å². The minimum Gasteiger partial charge on any atom is -0.381 e. The van der Waals surface area contributed by atoms with Gasteiger partial charge in [0.2, 0.25) is 0 Å². The molecular formula is C11H9BrCl2N4. The van der Waals surface area contributed by atoms with Crippen LogP contribution >= 0.6 is 39.1 Å². The molecule has 0 radical (unpaired) electrons. The van der Waals surface area contributed by atoms with Gasteiger partial charge in [0.15, 0.2) is 11.6 Å². The largest absolute Gasteiger partial charge is 0.381 e. The monoisotopic (exact) mass is 346 g/mol. The number of benzene rings is 1. The molecule has 7 heteroatoms. The van der Waals surface area contributed by atoms with E-state index in [1.165, 1.54) is 6.20 Å². The Morgan fingerprint density at radius 1 is 1.28 bits per heavy atom. The first kappa shape index (κ1) is 13.4. The summed E-state index contributed by atoms with van der Waals surface area (Å²) < 4.78 is 0.601. The Kier molecular flexibility index (Phi) is 4.27. The van der Waals surface area contributed by atoms with Crippen molar-refractivity contribution < 1.29 is 0 Å². The molecule has 0 amide bonds. The average molecular weight is 348 g/mol. The maximum absolute atomic E-state index is 6.07. The van der Waals surface area contributed by atoms with Crippen LogP contribution in [0.15, 0.2) is 29.0 Å². The molecule has 0 atom stereocenters. The average Bonchev–Trinajstić information content (AvgIpc) is 2.33. The summed E-state index contributed by atoms with van der Waals surface area (Å²) in [6.45, 7) is 0.424. The molecule has 0 bridgehead atoms. The van der Waals surface area contributed by atoms with Gasteiger partial charge >= 0.3 is 0 Å². The van der Waals surface area contributed by atoms with Crippen LogP contribution in [0, 0.1) is 0 Å².